The van der Waals surface area contributed by atoms with Gasteiger partial charge in [-0.15, -0.1) is 0 Å². The first kappa shape index (κ1) is 13.6. The molecule has 0 saturated carbocycles. The molecule has 0 aliphatic heterocycles. The van der Waals surface area contributed by atoms with E-state index in [2.05, 4.69) is 9.97 Å². The van der Waals surface area contributed by atoms with Gasteiger partial charge < -0.3 is 4.74 Å². The van der Waals surface area contributed by atoms with Gasteiger partial charge in [-0.1, -0.05) is 20.8 Å². The summed E-state index contributed by atoms with van der Waals surface area (Å²) in [4.78, 5) is 7.67. The molecule has 0 saturated heterocycles. The average Bonchev–Trinajstić information content (AvgIpc) is 2.69. The van der Waals surface area contributed by atoms with Crippen LogP contribution in [0.2, 0.25) is 0 Å². The number of nitrogens with zero attached hydrogens (tertiary/aromatic N) is 3. The Hall–Kier alpha value is -1.79. The second-order valence-electron chi connectivity index (χ2n) is 5.23. The molecule has 2 aromatic heterocycles. The third-order valence-corrected chi connectivity index (χ3v) is 2.66. The summed E-state index contributed by atoms with van der Waals surface area (Å²) in [5.74, 6) is 0. The molecule has 0 spiro atoms. The van der Waals surface area contributed by atoms with Gasteiger partial charge in [-0.2, -0.15) is 18.2 Å². The molecule has 7 heteroatoms. The third-order valence-electron chi connectivity index (χ3n) is 2.66. The highest BCUT2D eigenvalue weighted by molar-refractivity contribution is 5.45. The summed E-state index contributed by atoms with van der Waals surface area (Å²) in [6, 6.07) is 0.783. The van der Waals surface area contributed by atoms with Gasteiger partial charge in [0.1, 0.15) is 5.65 Å². The van der Waals surface area contributed by atoms with Crippen molar-refractivity contribution in [3.05, 3.63) is 23.7 Å². The number of halogens is 3. The molecular weight excluding hydrogens is 259 g/mol. The molecule has 19 heavy (non-hydrogen) atoms. The minimum absolute atomic E-state index is 0.132. The summed E-state index contributed by atoms with van der Waals surface area (Å²) in [6.07, 6.45) is -2.88. The van der Waals surface area contributed by atoms with Gasteiger partial charge in [0, 0.05) is 17.7 Å². The van der Waals surface area contributed by atoms with Gasteiger partial charge in [-0.05, 0) is 0 Å². The summed E-state index contributed by atoms with van der Waals surface area (Å²) in [7, 11) is 1.28. The number of aromatic nitrogens is 3. The first-order valence-corrected chi connectivity index (χ1v) is 5.65. The van der Waals surface area contributed by atoms with Crippen LogP contribution in [-0.4, -0.2) is 21.5 Å². The van der Waals surface area contributed by atoms with E-state index in [-0.39, 0.29) is 17.1 Å². The lowest BCUT2D eigenvalue weighted by atomic mass is 9.93. The molecule has 0 unspecified atom stereocenters. The standard InChI is InChI=1S/C12H14F3N3O/c1-11(2,3)8-6-18-9(16-8)5-7(12(13,14)15)17-10(18)19-4/h5-6H,1-4H3. The van der Waals surface area contributed by atoms with Crippen LogP contribution in [0.5, 0.6) is 6.01 Å². The zero-order valence-electron chi connectivity index (χ0n) is 11.0. The van der Waals surface area contributed by atoms with Gasteiger partial charge in [0.2, 0.25) is 0 Å². The van der Waals surface area contributed by atoms with E-state index in [4.69, 9.17) is 4.74 Å². The van der Waals surface area contributed by atoms with Crippen LogP contribution in [0.1, 0.15) is 32.2 Å². The highest BCUT2D eigenvalue weighted by atomic mass is 19.4. The normalized spacial score (nSPS) is 13.0. The SMILES string of the molecule is COc1nc(C(F)(F)F)cc2nc(C(C)(C)C)cn12. The fourth-order valence-corrected chi connectivity index (χ4v) is 1.61. The largest absolute Gasteiger partial charge is 0.468 e. The highest BCUT2D eigenvalue weighted by Gasteiger charge is 2.34. The second-order valence-corrected chi connectivity index (χ2v) is 5.23. The van der Waals surface area contributed by atoms with E-state index in [9.17, 15) is 13.2 Å². The molecule has 0 atom stereocenters. The summed E-state index contributed by atoms with van der Waals surface area (Å²) in [5, 5.41) is 0. The molecule has 0 fully saturated rings. The Morgan fingerprint density at radius 1 is 1.11 bits per heavy atom. The number of rotatable bonds is 1. The van der Waals surface area contributed by atoms with Crippen molar-refractivity contribution in [3.63, 3.8) is 0 Å². The molecule has 2 rings (SSSR count). The minimum atomic E-state index is -4.52. The lowest BCUT2D eigenvalue weighted by Gasteiger charge is -2.13. The van der Waals surface area contributed by atoms with Crippen LogP contribution in [-0.2, 0) is 11.6 Å². The van der Waals surface area contributed by atoms with Crippen LogP contribution in [0.15, 0.2) is 12.3 Å². The van der Waals surface area contributed by atoms with E-state index in [1.165, 1.54) is 11.5 Å². The van der Waals surface area contributed by atoms with Crippen LogP contribution in [0, 0.1) is 0 Å². The molecule has 2 heterocycles. The first-order chi connectivity index (χ1) is 8.63. The summed E-state index contributed by atoms with van der Waals surface area (Å²) >= 11 is 0. The maximum atomic E-state index is 12.7. The predicted octanol–water partition coefficient (Wildman–Crippen LogP) is 3.05. The van der Waals surface area contributed by atoms with Gasteiger partial charge in [-0.25, -0.2) is 4.98 Å². The number of ether oxygens (including phenoxy) is 1. The van der Waals surface area contributed by atoms with E-state index >= 15 is 0 Å². The van der Waals surface area contributed by atoms with E-state index in [1.54, 1.807) is 6.20 Å². The minimum Gasteiger partial charge on any atom is -0.468 e. The van der Waals surface area contributed by atoms with Gasteiger partial charge in [-0.3, -0.25) is 4.40 Å². The van der Waals surface area contributed by atoms with Crippen LogP contribution < -0.4 is 4.74 Å². The van der Waals surface area contributed by atoms with Crippen molar-refractivity contribution < 1.29 is 17.9 Å². The molecule has 0 amide bonds. The Labute approximate surface area is 108 Å². The molecule has 0 bridgehead atoms. The second kappa shape index (κ2) is 4.11. The van der Waals surface area contributed by atoms with Gasteiger partial charge in [0.05, 0.1) is 12.8 Å². The fourth-order valence-electron chi connectivity index (χ4n) is 1.61. The Balaban J connectivity index is 2.70. The fraction of sp³-hybridized carbons (Fsp3) is 0.500. The van der Waals surface area contributed by atoms with Crippen molar-refractivity contribution in [2.24, 2.45) is 0 Å². The van der Waals surface area contributed by atoms with Crippen molar-refractivity contribution in [3.8, 4) is 6.01 Å². The number of fused-ring (bicyclic) bond motifs is 1. The lowest BCUT2D eigenvalue weighted by Crippen LogP contribution is -2.11. The molecule has 0 aliphatic carbocycles. The van der Waals surface area contributed by atoms with E-state index in [0.29, 0.717) is 5.69 Å². The Bertz CT molecular complexity index is 611. The first-order valence-electron chi connectivity index (χ1n) is 5.65. The van der Waals surface area contributed by atoms with E-state index < -0.39 is 11.9 Å². The monoisotopic (exact) mass is 273 g/mol. The smallest absolute Gasteiger partial charge is 0.433 e. The lowest BCUT2D eigenvalue weighted by molar-refractivity contribution is -0.141. The van der Waals surface area contributed by atoms with Crippen LogP contribution in [0.3, 0.4) is 0 Å². The van der Waals surface area contributed by atoms with Gasteiger partial charge in [0.15, 0.2) is 5.69 Å². The van der Waals surface area contributed by atoms with Crippen LogP contribution in [0.4, 0.5) is 13.2 Å². The molecule has 4 nitrogen and oxygen atoms in total. The Kier molecular flexibility index (Phi) is 2.95. The summed E-state index contributed by atoms with van der Waals surface area (Å²) in [6.45, 7) is 5.79. The number of alkyl halides is 3. The van der Waals surface area contributed by atoms with Crippen molar-refractivity contribution in [1.82, 2.24) is 14.4 Å². The summed E-state index contributed by atoms with van der Waals surface area (Å²) < 4.78 is 44.5. The topological polar surface area (TPSA) is 39.4 Å². The van der Waals surface area contributed by atoms with Gasteiger partial charge in [0.25, 0.3) is 0 Å². The van der Waals surface area contributed by atoms with Crippen molar-refractivity contribution in [2.45, 2.75) is 32.4 Å². The molecule has 0 aliphatic rings. The number of imidazole rings is 1. The van der Waals surface area contributed by atoms with E-state index in [0.717, 1.165) is 6.07 Å². The zero-order valence-corrected chi connectivity index (χ0v) is 11.0. The zero-order chi connectivity index (χ0) is 14.4. The summed E-state index contributed by atoms with van der Waals surface area (Å²) in [5.41, 5.74) is -0.436. The molecule has 0 aromatic carbocycles. The Morgan fingerprint density at radius 3 is 2.21 bits per heavy atom. The molecular formula is C12H14F3N3O. The predicted molar refractivity (Wildman–Crippen MR) is 63.2 cm³/mol. The average molecular weight is 273 g/mol. The number of methoxy groups -OCH3 is 1. The van der Waals surface area contributed by atoms with Crippen molar-refractivity contribution in [1.29, 1.82) is 0 Å². The number of hydrogen-bond donors (Lipinski definition) is 0. The van der Waals surface area contributed by atoms with Crippen molar-refractivity contribution in [2.75, 3.05) is 7.11 Å². The quantitative estimate of drug-likeness (QED) is 0.801. The van der Waals surface area contributed by atoms with Crippen molar-refractivity contribution >= 4 is 5.65 Å². The third kappa shape index (κ3) is 2.50. The van der Waals surface area contributed by atoms with Crippen LogP contribution >= 0.6 is 0 Å². The van der Waals surface area contributed by atoms with Crippen LogP contribution in [0.25, 0.3) is 5.65 Å². The highest BCUT2D eigenvalue weighted by Crippen LogP contribution is 2.31. The molecule has 0 radical (unpaired) electrons. The number of hydrogen-bond acceptors (Lipinski definition) is 3. The van der Waals surface area contributed by atoms with E-state index in [1.807, 2.05) is 20.8 Å². The maximum absolute atomic E-state index is 12.7. The molecule has 104 valence electrons. The Morgan fingerprint density at radius 2 is 1.74 bits per heavy atom. The van der Waals surface area contributed by atoms with Gasteiger partial charge >= 0.3 is 12.2 Å². The molecule has 2 aromatic rings. The molecule has 0 N–H and O–H groups in total. The maximum Gasteiger partial charge on any atom is 0.433 e.